The molecule has 0 heterocycles. The van der Waals surface area contributed by atoms with Gasteiger partial charge in [-0.25, -0.2) is 13.2 Å². The monoisotopic (exact) mass is 449 g/mol. The van der Waals surface area contributed by atoms with Crippen LogP contribution in [0.3, 0.4) is 0 Å². The lowest BCUT2D eigenvalue weighted by Crippen LogP contribution is -2.45. The van der Waals surface area contributed by atoms with Crippen LogP contribution in [0.5, 0.6) is 0 Å². The van der Waals surface area contributed by atoms with Crippen molar-refractivity contribution in [1.82, 2.24) is 0 Å². The third-order valence-corrected chi connectivity index (χ3v) is 5.62. The summed E-state index contributed by atoms with van der Waals surface area (Å²) in [6, 6.07) is 8.50. The number of carbonyl (C=O) groups is 2. The summed E-state index contributed by atoms with van der Waals surface area (Å²) in [6.07, 6.45) is 0.920. The molecular formula is C20H23N3O7S. The van der Waals surface area contributed by atoms with E-state index >= 15 is 0 Å². The van der Waals surface area contributed by atoms with Crippen LogP contribution in [0.25, 0.3) is 0 Å². The highest BCUT2D eigenvalue weighted by Gasteiger charge is 2.31. The van der Waals surface area contributed by atoms with Crippen molar-refractivity contribution in [3.63, 3.8) is 0 Å². The number of amides is 1. The fourth-order valence-corrected chi connectivity index (χ4v) is 4.10. The minimum Gasteiger partial charge on any atom is -0.462 e. The summed E-state index contributed by atoms with van der Waals surface area (Å²) in [5.41, 5.74) is 0.842. The fourth-order valence-electron chi connectivity index (χ4n) is 2.88. The molecule has 11 heteroatoms. The summed E-state index contributed by atoms with van der Waals surface area (Å²) >= 11 is 0. The van der Waals surface area contributed by atoms with E-state index < -0.39 is 32.9 Å². The second-order valence-electron chi connectivity index (χ2n) is 6.75. The molecule has 0 radical (unpaired) electrons. The zero-order valence-electron chi connectivity index (χ0n) is 17.5. The van der Waals surface area contributed by atoms with Gasteiger partial charge >= 0.3 is 5.97 Å². The standard InChI is InChI=1S/C20H23N3O7S/c1-5-30-20(25)15-7-9-16(10-8-15)21-19(24)14(3)22(31(4,28)29)18-12-17(23(26)27)11-6-13(18)2/h6-12,14H,5H2,1-4H3,(H,21,24)/t14-/m0/s1. The van der Waals surface area contributed by atoms with E-state index in [0.29, 0.717) is 16.8 Å². The maximum Gasteiger partial charge on any atom is 0.338 e. The number of ether oxygens (including phenoxy) is 1. The minimum atomic E-state index is -3.96. The third-order valence-electron chi connectivity index (χ3n) is 4.39. The van der Waals surface area contributed by atoms with Gasteiger partial charge in [0.2, 0.25) is 15.9 Å². The first kappa shape index (κ1) is 23.8. The van der Waals surface area contributed by atoms with E-state index in [-0.39, 0.29) is 18.0 Å². The summed E-state index contributed by atoms with van der Waals surface area (Å²) in [6.45, 7) is 4.88. The van der Waals surface area contributed by atoms with Crippen LogP contribution in [0, 0.1) is 17.0 Å². The van der Waals surface area contributed by atoms with Crippen molar-refractivity contribution in [2.75, 3.05) is 22.5 Å². The summed E-state index contributed by atoms with van der Waals surface area (Å²) in [5.74, 6) is -1.15. The number of aryl methyl sites for hydroxylation is 1. The SMILES string of the molecule is CCOC(=O)c1ccc(NC(=O)[C@H](C)N(c2cc([N+](=O)[O-])ccc2C)S(C)(=O)=O)cc1. The molecule has 0 aliphatic carbocycles. The van der Waals surface area contributed by atoms with E-state index in [0.717, 1.165) is 16.6 Å². The first-order valence-corrected chi connectivity index (χ1v) is 11.1. The summed E-state index contributed by atoms with van der Waals surface area (Å²) < 4.78 is 30.7. The van der Waals surface area contributed by atoms with Crippen LogP contribution >= 0.6 is 0 Å². The Labute approximate surface area is 180 Å². The number of nitrogens with zero attached hydrogens (tertiary/aromatic N) is 2. The molecule has 0 unspecified atom stereocenters. The van der Waals surface area contributed by atoms with Gasteiger partial charge in [0.1, 0.15) is 6.04 Å². The molecule has 31 heavy (non-hydrogen) atoms. The molecule has 0 saturated carbocycles. The molecule has 0 spiro atoms. The molecule has 0 aromatic heterocycles. The van der Waals surface area contributed by atoms with Crippen molar-refractivity contribution in [2.45, 2.75) is 26.8 Å². The smallest absolute Gasteiger partial charge is 0.338 e. The van der Waals surface area contributed by atoms with Crippen molar-refractivity contribution in [2.24, 2.45) is 0 Å². The van der Waals surface area contributed by atoms with Gasteiger partial charge in [0, 0.05) is 17.8 Å². The number of hydrogen-bond donors (Lipinski definition) is 1. The van der Waals surface area contributed by atoms with Crippen LogP contribution in [0.15, 0.2) is 42.5 Å². The average molecular weight is 449 g/mol. The Morgan fingerprint density at radius 2 is 1.81 bits per heavy atom. The van der Waals surface area contributed by atoms with E-state index in [1.165, 1.54) is 43.3 Å². The molecule has 1 atom stereocenters. The second-order valence-corrected chi connectivity index (χ2v) is 8.61. The molecule has 0 aliphatic heterocycles. The number of hydrogen-bond acceptors (Lipinski definition) is 7. The molecule has 0 bridgehead atoms. The lowest BCUT2D eigenvalue weighted by atomic mass is 10.1. The van der Waals surface area contributed by atoms with Gasteiger partial charge in [-0.1, -0.05) is 6.07 Å². The van der Waals surface area contributed by atoms with E-state index in [4.69, 9.17) is 4.74 Å². The van der Waals surface area contributed by atoms with E-state index in [9.17, 15) is 28.1 Å². The molecular weight excluding hydrogens is 426 g/mol. The Bertz CT molecular complexity index is 1100. The molecule has 2 aromatic carbocycles. The van der Waals surface area contributed by atoms with Gasteiger partial charge in [-0.15, -0.1) is 0 Å². The van der Waals surface area contributed by atoms with Crippen molar-refractivity contribution in [3.8, 4) is 0 Å². The van der Waals surface area contributed by atoms with Gasteiger partial charge in [0.15, 0.2) is 0 Å². The second kappa shape index (κ2) is 9.56. The number of nitrogens with one attached hydrogen (secondary N) is 1. The topological polar surface area (TPSA) is 136 Å². The number of nitro benzene ring substituents is 1. The van der Waals surface area contributed by atoms with Gasteiger partial charge in [0.25, 0.3) is 5.69 Å². The summed E-state index contributed by atoms with van der Waals surface area (Å²) in [7, 11) is -3.96. The predicted octanol–water partition coefficient (Wildman–Crippen LogP) is 2.87. The lowest BCUT2D eigenvalue weighted by molar-refractivity contribution is -0.384. The highest BCUT2D eigenvalue weighted by atomic mass is 32.2. The first-order valence-electron chi connectivity index (χ1n) is 9.28. The normalized spacial score (nSPS) is 12.0. The van der Waals surface area contributed by atoms with Crippen molar-refractivity contribution >= 4 is 39.0 Å². The molecule has 0 fully saturated rings. The Morgan fingerprint density at radius 3 is 2.32 bits per heavy atom. The van der Waals surface area contributed by atoms with Gasteiger partial charge < -0.3 is 10.1 Å². The highest BCUT2D eigenvalue weighted by Crippen LogP contribution is 2.29. The van der Waals surface area contributed by atoms with Gasteiger partial charge in [-0.3, -0.25) is 19.2 Å². The molecule has 0 aliphatic rings. The fraction of sp³-hybridized carbons (Fsp3) is 0.300. The van der Waals surface area contributed by atoms with Crippen molar-refractivity contribution in [1.29, 1.82) is 0 Å². The summed E-state index contributed by atoms with van der Waals surface area (Å²) in [5, 5.41) is 13.7. The Balaban J connectivity index is 2.32. The molecule has 2 rings (SSSR count). The molecule has 1 N–H and O–H groups in total. The van der Waals surface area contributed by atoms with E-state index in [2.05, 4.69) is 5.32 Å². The van der Waals surface area contributed by atoms with Crippen LogP contribution in [0.4, 0.5) is 17.1 Å². The number of anilines is 2. The first-order chi connectivity index (χ1) is 14.5. The van der Waals surface area contributed by atoms with Gasteiger partial charge in [-0.2, -0.15) is 0 Å². The maximum absolute atomic E-state index is 12.8. The van der Waals surface area contributed by atoms with E-state index in [1.807, 2.05) is 0 Å². The van der Waals surface area contributed by atoms with E-state index in [1.54, 1.807) is 13.8 Å². The Hall–Kier alpha value is -3.47. The van der Waals surface area contributed by atoms with Gasteiger partial charge in [-0.05, 0) is 50.6 Å². The number of benzene rings is 2. The third kappa shape index (κ3) is 5.79. The number of rotatable bonds is 8. The maximum atomic E-state index is 12.8. The molecule has 2 aromatic rings. The highest BCUT2D eigenvalue weighted by molar-refractivity contribution is 7.92. The number of esters is 1. The number of nitro groups is 1. The van der Waals surface area contributed by atoms with Crippen LogP contribution in [-0.2, 0) is 19.6 Å². The lowest BCUT2D eigenvalue weighted by Gasteiger charge is -2.29. The number of sulfonamides is 1. The van der Waals surface area contributed by atoms with Crippen LogP contribution in [-0.4, -0.2) is 44.1 Å². The van der Waals surface area contributed by atoms with Crippen molar-refractivity contribution < 1.29 is 27.7 Å². The zero-order valence-corrected chi connectivity index (χ0v) is 18.3. The Kier molecular flexibility index (Phi) is 7.34. The largest absolute Gasteiger partial charge is 0.462 e. The zero-order chi connectivity index (χ0) is 23.3. The van der Waals surface area contributed by atoms with Crippen molar-refractivity contribution in [3.05, 3.63) is 63.7 Å². The molecule has 166 valence electrons. The summed E-state index contributed by atoms with van der Waals surface area (Å²) in [4.78, 5) is 35.0. The molecule has 1 amide bonds. The number of non-ortho nitro benzene ring substituents is 1. The quantitative estimate of drug-likeness (QED) is 0.372. The number of carbonyl (C=O) groups excluding carboxylic acids is 2. The average Bonchev–Trinajstić information content (AvgIpc) is 2.69. The molecule has 0 saturated heterocycles. The van der Waals surface area contributed by atoms with Crippen LogP contribution < -0.4 is 9.62 Å². The van der Waals surface area contributed by atoms with Gasteiger partial charge in [0.05, 0.1) is 29.0 Å². The van der Waals surface area contributed by atoms with Crippen LogP contribution in [0.2, 0.25) is 0 Å². The predicted molar refractivity (Wildman–Crippen MR) is 116 cm³/mol. The minimum absolute atomic E-state index is 0.0389. The molecule has 10 nitrogen and oxygen atoms in total. The Morgan fingerprint density at radius 1 is 1.19 bits per heavy atom. The van der Waals surface area contributed by atoms with Crippen LogP contribution in [0.1, 0.15) is 29.8 Å².